The molecule has 1 aliphatic heterocycles. The number of benzene rings is 1. The molecule has 2 heterocycles. The van der Waals surface area contributed by atoms with Gasteiger partial charge in [0.15, 0.2) is 6.10 Å². The lowest BCUT2D eigenvalue weighted by molar-refractivity contribution is -0.149. The standard InChI is InChI=1S/C23H29NO5/c1-14-12-20(25)29-21-15(2)19(8-7-18(14)21)28-16(3)22(26)24-11-10-23(27)9-5-4-6-17(23)13-24/h7-8,12,16-17,27H,4-6,9-11,13H2,1-3H3/t16-,17-,23+/m0/s1. The van der Waals surface area contributed by atoms with Crippen molar-refractivity contribution in [3.8, 4) is 5.75 Å². The Hall–Kier alpha value is -2.34. The third kappa shape index (κ3) is 3.66. The highest BCUT2D eigenvalue weighted by Gasteiger charge is 2.44. The summed E-state index contributed by atoms with van der Waals surface area (Å²) < 4.78 is 11.4. The molecule has 3 atom stereocenters. The van der Waals surface area contributed by atoms with Gasteiger partial charge in [-0.2, -0.15) is 0 Å². The molecule has 1 aromatic heterocycles. The van der Waals surface area contributed by atoms with Gasteiger partial charge in [0, 0.05) is 36.0 Å². The first-order valence-corrected chi connectivity index (χ1v) is 10.5. The van der Waals surface area contributed by atoms with Crippen LogP contribution in [0.3, 0.4) is 0 Å². The number of fused-ring (bicyclic) bond motifs is 2. The fourth-order valence-corrected chi connectivity index (χ4v) is 4.90. The molecule has 29 heavy (non-hydrogen) atoms. The van der Waals surface area contributed by atoms with E-state index in [-0.39, 0.29) is 11.8 Å². The van der Waals surface area contributed by atoms with Crippen LogP contribution in [0.4, 0.5) is 0 Å². The number of aliphatic hydroxyl groups is 1. The average Bonchev–Trinajstić information content (AvgIpc) is 2.69. The van der Waals surface area contributed by atoms with Gasteiger partial charge in [-0.25, -0.2) is 4.79 Å². The molecule has 6 nitrogen and oxygen atoms in total. The van der Waals surface area contributed by atoms with Gasteiger partial charge < -0.3 is 19.2 Å². The second-order valence-electron chi connectivity index (χ2n) is 8.65. The van der Waals surface area contributed by atoms with Gasteiger partial charge in [0.1, 0.15) is 11.3 Å². The highest BCUT2D eigenvalue weighted by Crippen LogP contribution is 2.40. The van der Waals surface area contributed by atoms with Crippen LogP contribution in [0.15, 0.2) is 27.4 Å². The van der Waals surface area contributed by atoms with Crippen LogP contribution < -0.4 is 10.4 Å². The lowest BCUT2D eigenvalue weighted by atomic mass is 9.71. The minimum Gasteiger partial charge on any atom is -0.480 e. The molecule has 1 aliphatic carbocycles. The number of hydrogen-bond donors (Lipinski definition) is 1. The second kappa shape index (κ2) is 7.48. The number of nitrogens with zero attached hydrogens (tertiary/aromatic N) is 1. The summed E-state index contributed by atoms with van der Waals surface area (Å²) in [5.41, 5.74) is 1.06. The molecule has 2 fully saturated rings. The minimum absolute atomic E-state index is 0.0668. The van der Waals surface area contributed by atoms with Gasteiger partial charge in [0.05, 0.1) is 5.60 Å². The molecule has 0 unspecified atom stereocenters. The molecule has 2 aromatic rings. The predicted molar refractivity (Wildman–Crippen MR) is 110 cm³/mol. The van der Waals surface area contributed by atoms with E-state index in [2.05, 4.69) is 0 Å². The maximum atomic E-state index is 13.0. The van der Waals surface area contributed by atoms with E-state index in [9.17, 15) is 14.7 Å². The van der Waals surface area contributed by atoms with Crippen LogP contribution in [0.1, 0.15) is 50.2 Å². The van der Waals surface area contributed by atoms with Crippen LogP contribution >= 0.6 is 0 Å². The number of carbonyl (C=O) groups is 1. The molecule has 1 saturated carbocycles. The van der Waals surface area contributed by atoms with E-state index in [0.29, 0.717) is 36.4 Å². The normalized spacial score (nSPS) is 25.5. The van der Waals surface area contributed by atoms with Crippen molar-refractivity contribution in [2.45, 2.75) is 64.6 Å². The van der Waals surface area contributed by atoms with Crippen LogP contribution in [-0.4, -0.2) is 40.7 Å². The van der Waals surface area contributed by atoms with Gasteiger partial charge in [0.2, 0.25) is 0 Å². The van der Waals surface area contributed by atoms with Crippen molar-refractivity contribution in [3.05, 3.63) is 39.7 Å². The number of likely N-dealkylation sites (tertiary alicyclic amines) is 1. The topological polar surface area (TPSA) is 80.0 Å². The molecule has 1 amide bonds. The molecular formula is C23H29NO5. The van der Waals surface area contributed by atoms with Crippen molar-refractivity contribution in [2.75, 3.05) is 13.1 Å². The van der Waals surface area contributed by atoms with Gasteiger partial charge in [-0.1, -0.05) is 12.8 Å². The summed E-state index contributed by atoms with van der Waals surface area (Å²) >= 11 is 0. The smallest absolute Gasteiger partial charge is 0.336 e. The van der Waals surface area contributed by atoms with Crippen molar-refractivity contribution in [1.29, 1.82) is 0 Å². The molecule has 0 radical (unpaired) electrons. The molecule has 6 heteroatoms. The first-order chi connectivity index (χ1) is 13.8. The maximum absolute atomic E-state index is 13.0. The van der Waals surface area contributed by atoms with Crippen molar-refractivity contribution in [3.63, 3.8) is 0 Å². The molecule has 1 aromatic carbocycles. The number of rotatable bonds is 3. The van der Waals surface area contributed by atoms with E-state index in [1.165, 1.54) is 6.07 Å². The zero-order valence-corrected chi connectivity index (χ0v) is 17.4. The summed E-state index contributed by atoms with van der Waals surface area (Å²) in [4.78, 5) is 26.6. The lowest BCUT2D eigenvalue weighted by Gasteiger charge is -2.47. The van der Waals surface area contributed by atoms with Crippen LogP contribution in [0.2, 0.25) is 0 Å². The summed E-state index contributed by atoms with van der Waals surface area (Å²) in [6.07, 6.45) is 3.97. The first kappa shape index (κ1) is 20.0. The molecular weight excluding hydrogens is 370 g/mol. The Bertz CT molecular complexity index is 997. The monoisotopic (exact) mass is 399 g/mol. The van der Waals surface area contributed by atoms with Crippen LogP contribution in [-0.2, 0) is 4.79 Å². The van der Waals surface area contributed by atoms with E-state index in [0.717, 1.165) is 36.6 Å². The third-order valence-corrected chi connectivity index (χ3v) is 6.71. The first-order valence-electron chi connectivity index (χ1n) is 10.5. The van der Waals surface area contributed by atoms with Gasteiger partial charge in [-0.3, -0.25) is 4.79 Å². The third-order valence-electron chi connectivity index (χ3n) is 6.71. The summed E-state index contributed by atoms with van der Waals surface area (Å²) in [5, 5.41) is 11.7. The fraction of sp³-hybridized carbons (Fsp3) is 0.565. The summed E-state index contributed by atoms with van der Waals surface area (Å²) in [6.45, 7) is 6.60. The highest BCUT2D eigenvalue weighted by atomic mass is 16.5. The highest BCUT2D eigenvalue weighted by molar-refractivity contribution is 5.85. The van der Waals surface area contributed by atoms with Gasteiger partial charge >= 0.3 is 5.63 Å². The van der Waals surface area contributed by atoms with Gasteiger partial charge in [-0.05, 0) is 57.7 Å². The molecule has 4 rings (SSSR count). The fourth-order valence-electron chi connectivity index (χ4n) is 4.90. The van der Waals surface area contributed by atoms with Gasteiger partial charge in [-0.15, -0.1) is 0 Å². The van der Waals surface area contributed by atoms with Crippen molar-refractivity contribution < 1.29 is 19.1 Å². The molecule has 1 saturated heterocycles. The predicted octanol–water partition coefficient (Wildman–Crippen LogP) is 3.33. The average molecular weight is 399 g/mol. The van der Waals surface area contributed by atoms with Crippen molar-refractivity contribution in [1.82, 2.24) is 4.90 Å². The Morgan fingerprint density at radius 1 is 1.31 bits per heavy atom. The number of ether oxygens (including phenoxy) is 1. The maximum Gasteiger partial charge on any atom is 0.336 e. The van der Waals surface area contributed by atoms with Gasteiger partial charge in [0.25, 0.3) is 5.91 Å². The number of aryl methyl sites for hydroxylation is 2. The molecule has 156 valence electrons. The van der Waals surface area contributed by atoms with E-state index in [4.69, 9.17) is 9.15 Å². The largest absolute Gasteiger partial charge is 0.480 e. The van der Waals surface area contributed by atoms with Crippen molar-refractivity contribution in [2.24, 2.45) is 5.92 Å². The summed E-state index contributed by atoms with van der Waals surface area (Å²) in [6, 6.07) is 5.15. The number of amides is 1. The lowest BCUT2D eigenvalue weighted by Crippen LogP contribution is -2.56. The Labute approximate surface area is 170 Å². The summed E-state index contributed by atoms with van der Waals surface area (Å²) in [7, 11) is 0. The Balaban J connectivity index is 1.51. The zero-order chi connectivity index (χ0) is 20.8. The molecule has 0 spiro atoms. The van der Waals surface area contributed by atoms with Crippen molar-refractivity contribution >= 4 is 16.9 Å². The minimum atomic E-state index is -0.655. The van der Waals surface area contributed by atoms with E-state index in [1.54, 1.807) is 6.92 Å². The SMILES string of the molecule is Cc1cc(=O)oc2c(C)c(O[C@@H](C)C(=O)N3CC[C@]4(O)CCCC[C@H]4C3)ccc12. The zero-order valence-electron chi connectivity index (χ0n) is 17.4. The Kier molecular flexibility index (Phi) is 5.15. The van der Waals surface area contributed by atoms with Crippen LogP contribution in [0.5, 0.6) is 5.75 Å². The number of carbonyl (C=O) groups excluding carboxylic acids is 1. The Morgan fingerprint density at radius 3 is 2.90 bits per heavy atom. The summed E-state index contributed by atoms with van der Waals surface area (Å²) in [5.74, 6) is 0.627. The number of hydrogen-bond acceptors (Lipinski definition) is 5. The van der Waals surface area contributed by atoms with E-state index in [1.807, 2.05) is 30.9 Å². The molecule has 2 aliphatic rings. The van der Waals surface area contributed by atoms with E-state index >= 15 is 0 Å². The number of piperidine rings is 1. The molecule has 1 N–H and O–H groups in total. The Morgan fingerprint density at radius 2 is 2.10 bits per heavy atom. The van der Waals surface area contributed by atoms with Crippen LogP contribution in [0, 0.1) is 19.8 Å². The quantitative estimate of drug-likeness (QED) is 0.801. The van der Waals surface area contributed by atoms with E-state index < -0.39 is 17.3 Å². The van der Waals surface area contributed by atoms with Crippen LogP contribution in [0.25, 0.3) is 11.0 Å². The molecule has 0 bridgehead atoms. The second-order valence-corrected chi connectivity index (χ2v) is 8.65.